The van der Waals surface area contributed by atoms with Crippen molar-refractivity contribution in [2.75, 3.05) is 0 Å². The molecule has 0 saturated heterocycles. The highest BCUT2D eigenvalue weighted by Gasteiger charge is 2.21. The molecule has 0 saturated carbocycles. The molecule has 150 valence electrons. The highest BCUT2D eigenvalue weighted by Crippen LogP contribution is 2.21. The van der Waals surface area contributed by atoms with Crippen LogP contribution in [-0.4, -0.2) is 22.0 Å². The third-order valence-corrected chi connectivity index (χ3v) is 4.51. The molecule has 0 aliphatic heterocycles. The smallest absolute Gasteiger partial charge is 0.308 e. The van der Waals surface area contributed by atoms with Crippen molar-refractivity contribution < 1.29 is 18.8 Å². The van der Waals surface area contributed by atoms with Gasteiger partial charge in [0.15, 0.2) is 12.4 Å². The Morgan fingerprint density at radius 1 is 1.14 bits per heavy atom. The summed E-state index contributed by atoms with van der Waals surface area (Å²) in [6.07, 6.45) is 0.566. The standard InChI is InChI=1S/C21H20ClN3O4/c1-2-18-24-19(29-25-18)13-28-20(26)12-17(14-8-4-3-5-9-14)23-21(27)15-10-6-7-11-16(15)22/h3-11,17H,2,12-13H2,1H3,(H,23,27). The normalized spacial score (nSPS) is 11.7. The predicted octanol–water partition coefficient (Wildman–Crippen LogP) is 3.89. The Hall–Kier alpha value is -3.19. The van der Waals surface area contributed by atoms with Gasteiger partial charge in [-0.15, -0.1) is 0 Å². The Kier molecular flexibility index (Phi) is 6.97. The van der Waals surface area contributed by atoms with Gasteiger partial charge >= 0.3 is 5.97 Å². The Balaban J connectivity index is 1.68. The molecule has 29 heavy (non-hydrogen) atoms. The van der Waals surface area contributed by atoms with Gasteiger partial charge in [-0.05, 0) is 17.7 Å². The van der Waals surface area contributed by atoms with Gasteiger partial charge in [0.1, 0.15) is 0 Å². The third kappa shape index (κ3) is 5.65. The predicted molar refractivity (Wildman–Crippen MR) is 106 cm³/mol. The molecular formula is C21H20ClN3O4. The minimum absolute atomic E-state index is 0.0605. The van der Waals surface area contributed by atoms with Crippen molar-refractivity contribution in [1.29, 1.82) is 0 Å². The Morgan fingerprint density at radius 2 is 1.86 bits per heavy atom. The Bertz CT molecular complexity index is 975. The topological polar surface area (TPSA) is 94.3 Å². The summed E-state index contributed by atoms with van der Waals surface area (Å²) in [5, 5.41) is 6.95. The second kappa shape index (κ2) is 9.84. The average Bonchev–Trinajstić information content (AvgIpc) is 3.21. The summed E-state index contributed by atoms with van der Waals surface area (Å²) >= 11 is 6.11. The fourth-order valence-electron chi connectivity index (χ4n) is 2.68. The van der Waals surface area contributed by atoms with Crippen LogP contribution < -0.4 is 5.32 Å². The van der Waals surface area contributed by atoms with Crippen molar-refractivity contribution in [3.63, 3.8) is 0 Å². The van der Waals surface area contributed by atoms with E-state index in [9.17, 15) is 9.59 Å². The van der Waals surface area contributed by atoms with E-state index in [2.05, 4.69) is 15.5 Å². The van der Waals surface area contributed by atoms with E-state index in [1.165, 1.54) is 0 Å². The van der Waals surface area contributed by atoms with Crippen LogP contribution in [0.25, 0.3) is 0 Å². The molecule has 7 nitrogen and oxygen atoms in total. The molecule has 0 radical (unpaired) electrons. The minimum atomic E-state index is -0.582. The van der Waals surface area contributed by atoms with E-state index in [0.29, 0.717) is 22.8 Å². The summed E-state index contributed by atoms with van der Waals surface area (Å²) in [6, 6.07) is 15.3. The van der Waals surface area contributed by atoms with Crippen molar-refractivity contribution in [2.45, 2.75) is 32.4 Å². The van der Waals surface area contributed by atoms with Crippen LogP contribution >= 0.6 is 11.6 Å². The molecule has 1 heterocycles. The third-order valence-electron chi connectivity index (χ3n) is 4.18. The number of hydrogen-bond donors (Lipinski definition) is 1. The molecule has 0 bridgehead atoms. The molecule has 8 heteroatoms. The van der Waals surface area contributed by atoms with Gasteiger partial charge in [0.25, 0.3) is 11.8 Å². The molecular weight excluding hydrogens is 394 g/mol. The van der Waals surface area contributed by atoms with Crippen LogP contribution in [0.3, 0.4) is 0 Å². The number of benzene rings is 2. The molecule has 1 atom stereocenters. The summed E-state index contributed by atoms with van der Waals surface area (Å²) in [5.74, 6) is -0.104. The number of ether oxygens (including phenoxy) is 1. The number of rotatable bonds is 8. The Labute approximate surface area is 173 Å². The van der Waals surface area contributed by atoms with Gasteiger partial charge in [-0.25, -0.2) is 0 Å². The summed E-state index contributed by atoms with van der Waals surface area (Å²) < 4.78 is 10.2. The van der Waals surface area contributed by atoms with Gasteiger partial charge in [0.05, 0.1) is 23.0 Å². The maximum absolute atomic E-state index is 12.7. The monoisotopic (exact) mass is 413 g/mol. The largest absolute Gasteiger partial charge is 0.455 e. The first-order chi connectivity index (χ1) is 14.1. The molecule has 0 aliphatic rings. The van der Waals surface area contributed by atoms with E-state index in [0.717, 1.165) is 5.56 Å². The van der Waals surface area contributed by atoms with E-state index < -0.39 is 12.0 Å². The fraction of sp³-hybridized carbons (Fsp3) is 0.238. The van der Waals surface area contributed by atoms with Gasteiger partial charge in [0.2, 0.25) is 0 Å². The maximum Gasteiger partial charge on any atom is 0.308 e. The SMILES string of the molecule is CCc1noc(COC(=O)CC(NC(=O)c2ccccc2Cl)c2ccccc2)n1. The summed E-state index contributed by atoms with van der Waals surface area (Å²) in [5.41, 5.74) is 1.11. The van der Waals surface area contributed by atoms with Crippen molar-refractivity contribution in [2.24, 2.45) is 0 Å². The lowest BCUT2D eigenvalue weighted by Crippen LogP contribution is -2.30. The molecule has 0 fully saturated rings. The number of aryl methyl sites for hydroxylation is 1. The van der Waals surface area contributed by atoms with Crippen LogP contribution in [0.1, 0.15) is 47.0 Å². The second-order valence-electron chi connectivity index (χ2n) is 6.24. The number of esters is 1. The number of nitrogens with one attached hydrogen (secondary N) is 1. The molecule has 0 aliphatic carbocycles. The molecule has 0 spiro atoms. The fourth-order valence-corrected chi connectivity index (χ4v) is 2.90. The van der Waals surface area contributed by atoms with E-state index in [4.69, 9.17) is 20.9 Å². The maximum atomic E-state index is 12.7. The van der Waals surface area contributed by atoms with E-state index >= 15 is 0 Å². The van der Waals surface area contributed by atoms with Gasteiger partial charge in [0, 0.05) is 6.42 Å². The number of nitrogens with zero attached hydrogens (tertiary/aromatic N) is 2. The lowest BCUT2D eigenvalue weighted by Gasteiger charge is -2.19. The summed E-state index contributed by atoms with van der Waals surface area (Å²) in [4.78, 5) is 29.1. The Morgan fingerprint density at radius 3 is 2.55 bits per heavy atom. The van der Waals surface area contributed by atoms with Gasteiger partial charge in [-0.1, -0.05) is 66.1 Å². The first-order valence-electron chi connectivity index (χ1n) is 9.14. The highest BCUT2D eigenvalue weighted by molar-refractivity contribution is 6.33. The van der Waals surface area contributed by atoms with Gasteiger partial charge < -0.3 is 14.6 Å². The zero-order valence-corrected chi connectivity index (χ0v) is 16.6. The van der Waals surface area contributed by atoms with Gasteiger partial charge in [-0.2, -0.15) is 4.98 Å². The highest BCUT2D eigenvalue weighted by atomic mass is 35.5. The molecule has 1 N–H and O–H groups in total. The molecule has 1 amide bonds. The van der Waals surface area contributed by atoms with E-state index in [1.807, 2.05) is 37.3 Å². The molecule has 3 rings (SSSR count). The average molecular weight is 414 g/mol. The van der Waals surface area contributed by atoms with Crippen molar-refractivity contribution in [3.05, 3.63) is 82.5 Å². The molecule has 2 aromatic carbocycles. The van der Waals surface area contributed by atoms with Crippen LogP contribution in [0.4, 0.5) is 0 Å². The molecule has 3 aromatic rings. The van der Waals surface area contributed by atoms with Crippen LogP contribution in [0.15, 0.2) is 59.1 Å². The second-order valence-corrected chi connectivity index (χ2v) is 6.65. The van der Waals surface area contributed by atoms with Crippen LogP contribution in [0.5, 0.6) is 0 Å². The quantitative estimate of drug-likeness (QED) is 0.563. The molecule has 1 unspecified atom stereocenters. The van der Waals surface area contributed by atoms with E-state index in [-0.39, 0.29) is 24.8 Å². The zero-order valence-electron chi connectivity index (χ0n) is 15.8. The lowest BCUT2D eigenvalue weighted by atomic mass is 10.0. The number of carbonyl (C=O) groups excluding carboxylic acids is 2. The van der Waals surface area contributed by atoms with Crippen LogP contribution in [-0.2, 0) is 22.6 Å². The van der Waals surface area contributed by atoms with Crippen molar-refractivity contribution in [3.8, 4) is 0 Å². The number of halogens is 1. The number of hydrogen-bond acceptors (Lipinski definition) is 6. The van der Waals surface area contributed by atoms with Gasteiger partial charge in [-0.3, -0.25) is 9.59 Å². The number of aromatic nitrogens is 2. The van der Waals surface area contributed by atoms with Crippen LogP contribution in [0, 0.1) is 0 Å². The van der Waals surface area contributed by atoms with E-state index in [1.54, 1.807) is 24.3 Å². The number of carbonyl (C=O) groups is 2. The van der Waals surface area contributed by atoms with Crippen LogP contribution in [0.2, 0.25) is 5.02 Å². The first-order valence-corrected chi connectivity index (χ1v) is 9.52. The summed E-state index contributed by atoms with van der Waals surface area (Å²) in [6.45, 7) is 1.78. The van der Waals surface area contributed by atoms with Crippen molar-refractivity contribution >= 4 is 23.5 Å². The molecule has 1 aromatic heterocycles. The zero-order chi connectivity index (χ0) is 20.6. The minimum Gasteiger partial charge on any atom is -0.455 e. The first kappa shape index (κ1) is 20.5. The lowest BCUT2D eigenvalue weighted by molar-refractivity contribution is -0.146. The van der Waals surface area contributed by atoms with Crippen molar-refractivity contribution in [1.82, 2.24) is 15.5 Å². The summed E-state index contributed by atoms with van der Waals surface area (Å²) in [7, 11) is 0. The number of amides is 1.